The highest BCUT2D eigenvalue weighted by atomic mass is 19.2. The van der Waals surface area contributed by atoms with Gasteiger partial charge in [0.1, 0.15) is 0 Å². The Bertz CT molecular complexity index is 959. The average molecular weight is 348 g/mol. The van der Waals surface area contributed by atoms with Gasteiger partial charge in [0.05, 0.1) is 5.52 Å². The van der Waals surface area contributed by atoms with E-state index in [-0.39, 0.29) is 5.56 Å². The Morgan fingerprint density at radius 2 is 1.72 bits per heavy atom. The van der Waals surface area contributed by atoms with E-state index in [4.69, 9.17) is 0 Å². The summed E-state index contributed by atoms with van der Waals surface area (Å²) in [5, 5.41) is 2.97. The van der Waals surface area contributed by atoms with Gasteiger partial charge in [-0.3, -0.25) is 9.78 Å². The van der Waals surface area contributed by atoms with Gasteiger partial charge in [-0.15, -0.1) is 0 Å². The molecule has 0 aliphatic rings. The van der Waals surface area contributed by atoms with Crippen LogP contribution in [-0.4, -0.2) is 10.9 Å². The first-order chi connectivity index (χ1) is 11.9. The highest BCUT2D eigenvalue weighted by molar-refractivity contribution is 5.97. The van der Waals surface area contributed by atoms with Crippen LogP contribution in [0.5, 0.6) is 0 Å². The molecule has 0 atom stereocenters. The van der Waals surface area contributed by atoms with Crippen LogP contribution in [-0.2, 0) is 6.54 Å². The molecule has 0 radical (unpaired) electrons. The number of nitrogens with one attached hydrogen (secondary N) is 1. The maximum atomic E-state index is 13.8. The van der Waals surface area contributed by atoms with E-state index in [1.165, 1.54) is 6.07 Å². The van der Waals surface area contributed by atoms with E-state index >= 15 is 0 Å². The fraction of sp³-hybridized carbons (Fsp3) is 0.111. The van der Waals surface area contributed by atoms with Gasteiger partial charge >= 0.3 is 0 Å². The molecule has 3 rings (SSSR count). The van der Waals surface area contributed by atoms with E-state index in [1.54, 1.807) is 30.5 Å². The molecule has 0 fully saturated rings. The summed E-state index contributed by atoms with van der Waals surface area (Å²) in [4.78, 5) is 16.3. The van der Waals surface area contributed by atoms with Crippen LogP contribution in [0.1, 0.15) is 21.5 Å². The number of carbonyl (C=O) groups excluding carboxylic acids is 1. The molecule has 1 N–H and O–H groups in total. The van der Waals surface area contributed by atoms with Crippen molar-refractivity contribution in [3.8, 4) is 0 Å². The molecule has 1 amide bonds. The third-order valence-electron chi connectivity index (χ3n) is 3.86. The minimum atomic E-state index is -1.51. The molecule has 0 saturated carbocycles. The smallest absolute Gasteiger partial charge is 0.251 e. The highest BCUT2D eigenvalue weighted by Crippen LogP contribution is 2.23. The molecular formula is C18H12F4N2O. The first kappa shape index (κ1) is 16.9. The van der Waals surface area contributed by atoms with Crippen LogP contribution in [0.3, 0.4) is 0 Å². The molecule has 7 heteroatoms. The summed E-state index contributed by atoms with van der Waals surface area (Å²) < 4.78 is 54.8. The summed E-state index contributed by atoms with van der Waals surface area (Å²) in [5.41, 5.74) is -0.698. The van der Waals surface area contributed by atoms with Gasteiger partial charge in [0.2, 0.25) is 0 Å². The largest absolute Gasteiger partial charge is 0.348 e. The molecule has 0 aliphatic carbocycles. The molecule has 0 bridgehead atoms. The highest BCUT2D eigenvalue weighted by Gasteiger charge is 2.23. The minimum absolute atomic E-state index is 0.231. The lowest BCUT2D eigenvalue weighted by atomic mass is 10.1. The van der Waals surface area contributed by atoms with E-state index in [1.807, 2.05) is 0 Å². The summed E-state index contributed by atoms with van der Waals surface area (Å²) >= 11 is 0. The van der Waals surface area contributed by atoms with Gasteiger partial charge in [0.15, 0.2) is 23.3 Å². The van der Waals surface area contributed by atoms with Gasteiger partial charge in [-0.1, -0.05) is 6.07 Å². The molecule has 128 valence electrons. The normalized spacial score (nSPS) is 10.9. The van der Waals surface area contributed by atoms with Crippen LogP contribution in [0.4, 0.5) is 17.6 Å². The lowest BCUT2D eigenvalue weighted by Gasteiger charge is -2.11. The molecule has 2 aromatic carbocycles. The van der Waals surface area contributed by atoms with Crippen LogP contribution in [0.15, 0.2) is 36.5 Å². The SMILES string of the molecule is Cc1c(F)c(F)c(CNC(=O)c2ccc3ncccc3c2)c(F)c1F. The van der Waals surface area contributed by atoms with E-state index in [2.05, 4.69) is 10.3 Å². The first-order valence-corrected chi connectivity index (χ1v) is 7.34. The maximum absolute atomic E-state index is 13.8. The van der Waals surface area contributed by atoms with Gasteiger partial charge in [-0.25, -0.2) is 17.6 Å². The number of amides is 1. The molecule has 3 aromatic rings. The van der Waals surface area contributed by atoms with Crippen molar-refractivity contribution in [1.82, 2.24) is 10.3 Å². The quantitative estimate of drug-likeness (QED) is 0.574. The average Bonchev–Trinajstić information content (AvgIpc) is 2.64. The second kappa shape index (κ2) is 6.51. The molecule has 3 nitrogen and oxygen atoms in total. The van der Waals surface area contributed by atoms with E-state index in [0.717, 1.165) is 6.92 Å². The van der Waals surface area contributed by atoms with Gasteiger partial charge in [0, 0.05) is 34.8 Å². The number of pyridine rings is 1. The van der Waals surface area contributed by atoms with Crippen LogP contribution < -0.4 is 5.32 Å². The molecule has 0 unspecified atom stereocenters. The first-order valence-electron chi connectivity index (χ1n) is 7.34. The lowest BCUT2D eigenvalue weighted by Crippen LogP contribution is -2.24. The second-order valence-electron chi connectivity index (χ2n) is 5.45. The Morgan fingerprint density at radius 1 is 1.04 bits per heavy atom. The van der Waals surface area contributed by atoms with Crippen molar-refractivity contribution in [2.75, 3.05) is 0 Å². The molecule has 1 aromatic heterocycles. The summed E-state index contributed by atoms with van der Waals surface area (Å²) in [6, 6.07) is 8.13. The monoisotopic (exact) mass is 348 g/mol. The fourth-order valence-electron chi connectivity index (χ4n) is 2.43. The molecule has 0 spiro atoms. The van der Waals surface area contributed by atoms with Crippen molar-refractivity contribution in [2.45, 2.75) is 13.5 Å². The van der Waals surface area contributed by atoms with Crippen LogP contribution in [0, 0.1) is 30.2 Å². The summed E-state index contributed by atoms with van der Waals surface area (Å²) in [7, 11) is 0. The van der Waals surface area contributed by atoms with Gasteiger partial charge < -0.3 is 5.32 Å². The fourth-order valence-corrected chi connectivity index (χ4v) is 2.43. The lowest BCUT2D eigenvalue weighted by molar-refractivity contribution is 0.0950. The van der Waals surface area contributed by atoms with Crippen molar-refractivity contribution >= 4 is 16.8 Å². The number of aromatic nitrogens is 1. The van der Waals surface area contributed by atoms with Crippen LogP contribution >= 0.6 is 0 Å². The summed E-state index contributed by atoms with van der Waals surface area (Å²) in [6.45, 7) is 0.248. The summed E-state index contributed by atoms with van der Waals surface area (Å²) in [5.74, 6) is -6.61. The van der Waals surface area contributed by atoms with Crippen LogP contribution in [0.25, 0.3) is 10.9 Å². The molecule has 1 heterocycles. The second-order valence-corrected chi connectivity index (χ2v) is 5.45. The molecule has 0 aliphatic heterocycles. The number of hydrogen-bond acceptors (Lipinski definition) is 2. The predicted molar refractivity (Wildman–Crippen MR) is 83.9 cm³/mol. The van der Waals surface area contributed by atoms with Gasteiger partial charge in [0.25, 0.3) is 5.91 Å². The van der Waals surface area contributed by atoms with Crippen molar-refractivity contribution in [2.24, 2.45) is 0 Å². The Balaban J connectivity index is 1.85. The van der Waals surface area contributed by atoms with Gasteiger partial charge in [-0.05, 0) is 31.2 Å². The predicted octanol–water partition coefficient (Wildman–Crippen LogP) is 4.03. The molecular weight excluding hydrogens is 336 g/mol. The zero-order valence-electron chi connectivity index (χ0n) is 13.0. The molecule has 0 saturated heterocycles. The number of benzene rings is 2. The van der Waals surface area contributed by atoms with E-state index in [9.17, 15) is 22.4 Å². The van der Waals surface area contributed by atoms with Gasteiger partial charge in [-0.2, -0.15) is 0 Å². The zero-order valence-corrected chi connectivity index (χ0v) is 13.0. The van der Waals surface area contributed by atoms with Crippen molar-refractivity contribution < 1.29 is 22.4 Å². The third-order valence-corrected chi connectivity index (χ3v) is 3.86. The zero-order chi connectivity index (χ0) is 18.1. The standard InChI is InChI=1S/C18H12F4N2O/c1-9-14(19)16(21)12(17(22)15(9)20)8-24-18(25)11-4-5-13-10(7-11)3-2-6-23-13/h2-7H,8H2,1H3,(H,24,25). The van der Waals surface area contributed by atoms with Crippen molar-refractivity contribution in [3.63, 3.8) is 0 Å². The number of hydrogen-bond donors (Lipinski definition) is 1. The number of nitrogens with zero attached hydrogens (tertiary/aromatic N) is 1. The Kier molecular flexibility index (Phi) is 4.39. The topological polar surface area (TPSA) is 42.0 Å². The Morgan fingerprint density at radius 3 is 2.40 bits per heavy atom. The molecule has 25 heavy (non-hydrogen) atoms. The third kappa shape index (κ3) is 3.05. The van der Waals surface area contributed by atoms with Crippen LogP contribution in [0.2, 0.25) is 0 Å². The van der Waals surface area contributed by atoms with E-state index < -0.39 is 46.8 Å². The maximum Gasteiger partial charge on any atom is 0.251 e. The number of halogens is 4. The minimum Gasteiger partial charge on any atom is -0.348 e. The summed E-state index contributed by atoms with van der Waals surface area (Å²) in [6.07, 6.45) is 1.61. The van der Waals surface area contributed by atoms with Crippen molar-refractivity contribution in [3.05, 3.63) is 76.5 Å². The number of fused-ring (bicyclic) bond motifs is 1. The number of rotatable bonds is 3. The van der Waals surface area contributed by atoms with Crippen molar-refractivity contribution in [1.29, 1.82) is 0 Å². The van der Waals surface area contributed by atoms with E-state index in [0.29, 0.717) is 10.9 Å². The Labute approximate surface area is 140 Å². The number of carbonyl (C=O) groups is 1. The Hall–Kier alpha value is -2.96.